The molecule has 9 heteroatoms. The highest BCUT2D eigenvalue weighted by Crippen LogP contribution is 2.26. The third kappa shape index (κ3) is 5.20. The molecule has 0 bridgehead atoms. The number of hydrogen-bond acceptors (Lipinski definition) is 7. The fourth-order valence-electron chi connectivity index (χ4n) is 3.94. The maximum Gasteiger partial charge on any atom is 0.257 e. The van der Waals surface area contributed by atoms with Gasteiger partial charge in [0.05, 0.1) is 12.0 Å². The molecule has 1 saturated heterocycles. The molecule has 0 unspecified atom stereocenters. The number of amides is 1. The average Bonchev–Trinajstić information content (AvgIpc) is 2.84. The Morgan fingerprint density at radius 1 is 1.30 bits per heavy atom. The summed E-state index contributed by atoms with van der Waals surface area (Å²) >= 11 is 0. The summed E-state index contributed by atoms with van der Waals surface area (Å²) in [5, 5.41) is 4.14. The number of aromatic nitrogens is 3. The number of piperidine rings is 1. The first kappa shape index (κ1) is 22.5. The normalized spacial score (nSPS) is 15.9. The van der Waals surface area contributed by atoms with E-state index in [4.69, 9.17) is 9.47 Å². The quantitative estimate of drug-likeness (QED) is 0.402. The van der Waals surface area contributed by atoms with Gasteiger partial charge in [-0.2, -0.15) is 0 Å². The fraction of sp³-hybridized carbons (Fsp3) is 0.333. The number of hydrogen-bond donors (Lipinski definition) is 2. The van der Waals surface area contributed by atoms with Crippen molar-refractivity contribution >= 4 is 22.8 Å². The van der Waals surface area contributed by atoms with E-state index < -0.39 is 0 Å². The van der Waals surface area contributed by atoms with E-state index >= 15 is 0 Å². The Labute approximate surface area is 191 Å². The summed E-state index contributed by atoms with van der Waals surface area (Å²) in [5.41, 5.74) is 1.49. The van der Waals surface area contributed by atoms with E-state index in [1.54, 1.807) is 18.1 Å². The van der Waals surface area contributed by atoms with Crippen LogP contribution in [0.5, 0.6) is 5.75 Å². The molecule has 1 aromatic carbocycles. The van der Waals surface area contributed by atoms with Crippen LogP contribution in [0.25, 0.3) is 22.2 Å². The van der Waals surface area contributed by atoms with Crippen LogP contribution in [0.4, 0.5) is 5.82 Å². The van der Waals surface area contributed by atoms with Crippen LogP contribution in [0.2, 0.25) is 0 Å². The second-order valence-corrected chi connectivity index (χ2v) is 7.83. The van der Waals surface area contributed by atoms with Crippen molar-refractivity contribution in [3.8, 4) is 16.9 Å². The van der Waals surface area contributed by atoms with Crippen molar-refractivity contribution in [1.82, 2.24) is 19.9 Å². The third-order valence-corrected chi connectivity index (χ3v) is 5.62. The second-order valence-electron chi connectivity index (χ2n) is 7.83. The van der Waals surface area contributed by atoms with Gasteiger partial charge < -0.3 is 24.7 Å². The molecule has 0 radical (unpaired) electrons. The van der Waals surface area contributed by atoms with Crippen LogP contribution in [-0.2, 0) is 9.53 Å². The van der Waals surface area contributed by atoms with Crippen molar-refractivity contribution in [2.24, 2.45) is 0 Å². The van der Waals surface area contributed by atoms with E-state index in [9.17, 15) is 9.59 Å². The zero-order chi connectivity index (χ0) is 23.2. The first-order valence-corrected chi connectivity index (χ1v) is 10.9. The smallest absolute Gasteiger partial charge is 0.257 e. The van der Waals surface area contributed by atoms with E-state index in [1.165, 1.54) is 12.4 Å². The Morgan fingerprint density at radius 3 is 2.88 bits per heavy atom. The molecule has 2 N–H and O–H groups in total. The van der Waals surface area contributed by atoms with Gasteiger partial charge in [0.1, 0.15) is 30.1 Å². The van der Waals surface area contributed by atoms with Gasteiger partial charge >= 0.3 is 0 Å². The molecule has 0 aliphatic carbocycles. The molecule has 1 amide bonds. The van der Waals surface area contributed by atoms with E-state index in [-0.39, 0.29) is 17.5 Å². The number of benzene rings is 1. The molecule has 1 aliphatic rings. The van der Waals surface area contributed by atoms with Gasteiger partial charge in [-0.25, -0.2) is 9.97 Å². The summed E-state index contributed by atoms with van der Waals surface area (Å²) < 4.78 is 10.6. The molecule has 3 heterocycles. The van der Waals surface area contributed by atoms with Crippen molar-refractivity contribution < 1.29 is 14.3 Å². The molecule has 3 aromatic rings. The van der Waals surface area contributed by atoms with Crippen LogP contribution in [-0.4, -0.2) is 65.2 Å². The number of methoxy groups -OCH3 is 1. The Morgan fingerprint density at radius 2 is 2.12 bits per heavy atom. The Hall–Kier alpha value is -3.72. The summed E-state index contributed by atoms with van der Waals surface area (Å²) in [6.07, 6.45) is 4.56. The molecule has 0 spiro atoms. The number of likely N-dealkylation sites (tertiary alicyclic amines) is 1. The van der Waals surface area contributed by atoms with Crippen LogP contribution >= 0.6 is 0 Å². The molecule has 0 saturated carbocycles. The summed E-state index contributed by atoms with van der Waals surface area (Å²) in [6, 6.07) is 9.17. The topological polar surface area (TPSA) is 109 Å². The zero-order valence-corrected chi connectivity index (χ0v) is 18.5. The van der Waals surface area contributed by atoms with Crippen LogP contribution in [0, 0.1) is 0 Å². The standard InChI is InChI=1S/C24H27N5O4/c1-3-21(30)29-10-4-5-17(14-29)27-22-20-13-19(24(31)28-23(20)26-15-25-22)16-6-8-18(9-7-16)33-12-11-32-2/h3,6-9,13,15,17H,1,4-5,10-12,14H2,2H3,(H2,25,26,27,28,31)/t17-/m1/s1. The Balaban J connectivity index is 1.60. The van der Waals surface area contributed by atoms with Gasteiger partial charge in [0.2, 0.25) is 5.91 Å². The van der Waals surface area contributed by atoms with Crippen molar-refractivity contribution in [2.45, 2.75) is 18.9 Å². The lowest BCUT2D eigenvalue weighted by atomic mass is 10.0. The summed E-state index contributed by atoms with van der Waals surface area (Å²) in [4.78, 5) is 38.0. The Bertz CT molecular complexity index is 1190. The molecule has 1 atom stereocenters. The highest BCUT2D eigenvalue weighted by Gasteiger charge is 2.23. The van der Waals surface area contributed by atoms with Gasteiger partial charge in [0.25, 0.3) is 5.56 Å². The summed E-state index contributed by atoms with van der Waals surface area (Å²) in [6.45, 7) is 5.82. The predicted molar refractivity (Wildman–Crippen MR) is 126 cm³/mol. The number of aromatic amines is 1. The van der Waals surface area contributed by atoms with Gasteiger partial charge in [-0.15, -0.1) is 0 Å². The van der Waals surface area contributed by atoms with Crippen LogP contribution in [0.15, 0.2) is 54.1 Å². The number of carbonyl (C=O) groups is 1. The lowest BCUT2D eigenvalue weighted by molar-refractivity contribution is -0.127. The maximum absolute atomic E-state index is 12.7. The lowest BCUT2D eigenvalue weighted by Crippen LogP contribution is -2.44. The number of anilines is 1. The largest absolute Gasteiger partial charge is 0.491 e. The van der Waals surface area contributed by atoms with Gasteiger partial charge in [0, 0.05) is 31.8 Å². The van der Waals surface area contributed by atoms with Crippen molar-refractivity contribution in [1.29, 1.82) is 0 Å². The van der Waals surface area contributed by atoms with Gasteiger partial charge in [0.15, 0.2) is 0 Å². The van der Waals surface area contributed by atoms with E-state index in [1.807, 2.05) is 24.3 Å². The minimum atomic E-state index is -0.236. The second kappa shape index (κ2) is 10.3. The van der Waals surface area contributed by atoms with Crippen LogP contribution < -0.4 is 15.6 Å². The maximum atomic E-state index is 12.7. The number of carbonyl (C=O) groups excluding carboxylic acids is 1. The minimum absolute atomic E-state index is 0.0414. The number of pyridine rings is 1. The molecular weight excluding hydrogens is 422 g/mol. The summed E-state index contributed by atoms with van der Waals surface area (Å²) in [5.74, 6) is 1.25. The monoisotopic (exact) mass is 449 g/mol. The zero-order valence-electron chi connectivity index (χ0n) is 18.5. The molecular formula is C24H27N5O4. The molecule has 172 valence electrons. The molecule has 1 aliphatic heterocycles. The highest BCUT2D eigenvalue weighted by atomic mass is 16.5. The third-order valence-electron chi connectivity index (χ3n) is 5.62. The molecule has 1 fully saturated rings. The van der Waals surface area contributed by atoms with E-state index in [2.05, 4.69) is 26.8 Å². The number of nitrogens with zero attached hydrogens (tertiary/aromatic N) is 3. The molecule has 2 aromatic heterocycles. The Kier molecular flexibility index (Phi) is 6.99. The number of ether oxygens (including phenoxy) is 2. The van der Waals surface area contributed by atoms with Gasteiger partial charge in [-0.05, 0) is 42.7 Å². The number of fused-ring (bicyclic) bond motifs is 1. The highest BCUT2D eigenvalue weighted by molar-refractivity contribution is 5.90. The predicted octanol–water partition coefficient (Wildman–Crippen LogP) is 2.60. The molecule has 33 heavy (non-hydrogen) atoms. The van der Waals surface area contributed by atoms with E-state index in [0.717, 1.165) is 24.9 Å². The minimum Gasteiger partial charge on any atom is -0.491 e. The van der Waals surface area contributed by atoms with Crippen LogP contribution in [0.1, 0.15) is 12.8 Å². The first-order valence-electron chi connectivity index (χ1n) is 10.9. The van der Waals surface area contributed by atoms with Crippen molar-refractivity contribution in [3.05, 3.63) is 59.7 Å². The molecule has 9 nitrogen and oxygen atoms in total. The van der Waals surface area contributed by atoms with Crippen LogP contribution in [0.3, 0.4) is 0 Å². The van der Waals surface area contributed by atoms with Crippen molar-refractivity contribution in [2.75, 3.05) is 38.7 Å². The number of nitrogens with one attached hydrogen (secondary N) is 2. The summed E-state index contributed by atoms with van der Waals surface area (Å²) in [7, 11) is 1.62. The van der Waals surface area contributed by atoms with Crippen molar-refractivity contribution in [3.63, 3.8) is 0 Å². The number of rotatable bonds is 8. The van der Waals surface area contributed by atoms with Gasteiger partial charge in [-0.1, -0.05) is 18.7 Å². The lowest BCUT2D eigenvalue weighted by Gasteiger charge is -2.33. The van der Waals surface area contributed by atoms with E-state index in [0.29, 0.717) is 47.9 Å². The average molecular weight is 450 g/mol. The SMILES string of the molecule is C=CC(=O)N1CCC[C@@H](Nc2ncnc3[nH]c(=O)c(-c4ccc(OCCOC)cc4)cc23)C1. The fourth-order valence-corrected chi connectivity index (χ4v) is 3.94. The first-order chi connectivity index (χ1) is 16.1. The van der Waals surface area contributed by atoms with Gasteiger partial charge in [-0.3, -0.25) is 9.59 Å². The molecule has 4 rings (SSSR count). The number of H-pyrrole nitrogens is 1.